The van der Waals surface area contributed by atoms with Gasteiger partial charge in [-0.2, -0.15) is 0 Å². The van der Waals surface area contributed by atoms with Gasteiger partial charge in [0.2, 0.25) is 0 Å². The standard InChI is InChI=1S/C12H15N3/c1-3-5-10-14-11-8(2)6-4-7-9(11)12(13)15-10/h4,6-7H,3,5H2,1-2H3,(H2,13,14,15). The molecular weight excluding hydrogens is 186 g/mol. The van der Waals surface area contributed by atoms with Crippen LogP contribution in [-0.2, 0) is 6.42 Å². The summed E-state index contributed by atoms with van der Waals surface area (Å²) >= 11 is 0. The lowest BCUT2D eigenvalue weighted by atomic mass is 10.1. The summed E-state index contributed by atoms with van der Waals surface area (Å²) in [5.74, 6) is 1.43. The van der Waals surface area contributed by atoms with Gasteiger partial charge in [-0.1, -0.05) is 19.1 Å². The first-order valence-corrected chi connectivity index (χ1v) is 5.24. The van der Waals surface area contributed by atoms with E-state index >= 15 is 0 Å². The molecule has 0 saturated heterocycles. The number of hydrogen-bond acceptors (Lipinski definition) is 3. The van der Waals surface area contributed by atoms with E-state index < -0.39 is 0 Å². The van der Waals surface area contributed by atoms with Gasteiger partial charge in [0.15, 0.2) is 0 Å². The van der Waals surface area contributed by atoms with Crippen molar-refractivity contribution in [3.8, 4) is 0 Å². The fourth-order valence-electron chi connectivity index (χ4n) is 1.70. The molecule has 15 heavy (non-hydrogen) atoms. The summed E-state index contributed by atoms with van der Waals surface area (Å²) in [4.78, 5) is 8.83. The van der Waals surface area contributed by atoms with E-state index in [1.54, 1.807) is 0 Å². The highest BCUT2D eigenvalue weighted by Gasteiger charge is 2.05. The van der Waals surface area contributed by atoms with E-state index in [2.05, 4.69) is 16.9 Å². The van der Waals surface area contributed by atoms with Crippen LogP contribution in [0.25, 0.3) is 10.9 Å². The van der Waals surface area contributed by atoms with E-state index in [-0.39, 0.29) is 0 Å². The van der Waals surface area contributed by atoms with Gasteiger partial charge in [-0.05, 0) is 25.0 Å². The van der Waals surface area contributed by atoms with Crippen molar-refractivity contribution in [1.82, 2.24) is 9.97 Å². The van der Waals surface area contributed by atoms with Gasteiger partial charge in [0.25, 0.3) is 0 Å². The Morgan fingerprint density at radius 1 is 1.27 bits per heavy atom. The van der Waals surface area contributed by atoms with Gasteiger partial charge in [0, 0.05) is 11.8 Å². The van der Waals surface area contributed by atoms with Crippen molar-refractivity contribution < 1.29 is 0 Å². The molecule has 0 fully saturated rings. The van der Waals surface area contributed by atoms with Gasteiger partial charge in [0.1, 0.15) is 11.6 Å². The highest BCUT2D eigenvalue weighted by molar-refractivity contribution is 5.90. The normalized spacial score (nSPS) is 10.8. The van der Waals surface area contributed by atoms with E-state index in [1.165, 1.54) is 0 Å². The lowest BCUT2D eigenvalue weighted by molar-refractivity contribution is 0.846. The predicted molar refractivity (Wildman–Crippen MR) is 62.7 cm³/mol. The van der Waals surface area contributed by atoms with Crippen LogP contribution in [0.5, 0.6) is 0 Å². The molecule has 0 amide bonds. The number of rotatable bonds is 2. The second kappa shape index (κ2) is 3.85. The zero-order valence-corrected chi connectivity index (χ0v) is 9.12. The molecule has 2 aromatic rings. The Labute approximate surface area is 89.4 Å². The summed E-state index contributed by atoms with van der Waals surface area (Å²) in [6.07, 6.45) is 1.92. The molecule has 78 valence electrons. The molecule has 2 rings (SSSR count). The van der Waals surface area contributed by atoms with Gasteiger partial charge in [-0.25, -0.2) is 9.97 Å². The summed E-state index contributed by atoms with van der Waals surface area (Å²) in [5.41, 5.74) is 8.04. The first-order chi connectivity index (χ1) is 7.22. The predicted octanol–water partition coefficient (Wildman–Crippen LogP) is 2.47. The average Bonchev–Trinajstić information content (AvgIpc) is 2.20. The fraction of sp³-hybridized carbons (Fsp3) is 0.333. The van der Waals surface area contributed by atoms with Crippen LogP contribution in [0.4, 0.5) is 5.82 Å². The third-order valence-electron chi connectivity index (χ3n) is 2.48. The number of anilines is 1. The third kappa shape index (κ3) is 1.77. The summed E-state index contributed by atoms with van der Waals surface area (Å²) in [6, 6.07) is 5.99. The number of nitrogens with two attached hydrogens (primary N) is 1. The summed E-state index contributed by atoms with van der Waals surface area (Å²) < 4.78 is 0. The maximum Gasteiger partial charge on any atom is 0.135 e. The molecule has 1 heterocycles. The monoisotopic (exact) mass is 201 g/mol. The number of benzene rings is 1. The number of aryl methyl sites for hydroxylation is 2. The highest BCUT2D eigenvalue weighted by atomic mass is 14.9. The average molecular weight is 201 g/mol. The molecule has 0 spiro atoms. The molecule has 0 radical (unpaired) electrons. The lowest BCUT2D eigenvalue weighted by Gasteiger charge is -2.06. The summed E-state index contributed by atoms with van der Waals surface area (Å²) in [7, 11) is 0. The molecule has 0 bridgehead atoms. The quantitative estimate of drug-likeness (QED) is 0.812. The lowest BCUT2D eigenvalue weighted by Crippen LogP contribution is -2.01. The highest BCUT2D eigenvalue weighted by Crippen LogP contribution is 2.20. The minimum absolute atomic E-state index is 0.590. The van der Waals surface area contributed by atoms with Crippen LogP contribution in [0.15, 0.2) is 18.2 Å². The van der Waals surface area contributed by atoms with Gasteiger partial charge in [-0.3, -0.25) is 0 Å². The maximum absolute atomic E-state index is 5.91. The van der Waals surface area contributed by atoms with Crippen LogP contribution < -0.4 is 5.73 Å². The number of para-hydroxylation sites is 1. The fourth-order valence-corrected chi connectivity index (χ4v) is 1.70. The topological polar surface area (TPSA) is 51.8 Å². The Hall–Kier alpha value is -1.64. The van der Waals surface area contributed by atoms with Crippen molar-refractivity contribution in [2.75, 3.05) is 5.73 Å². The molecular formula is C12H15N3. The molecule has 0 saturated carbocycles. The van der Waals surface area contributed by atoms with Crippen LogP contribution >= 0.6 is 0 Å². The van der Waals surface area contributed by atoms with Crippen LogP contribution in [0.3, 0.4) is 0 Å². The molecule has 0 atom stereocenters. The largest absolute Gasteiger partial charge is 0.383 e. The zero-order valence-electron chi connectivity index (χ0n) is 9.12. The first kappa shape index (κ1) is 9.90. The van der Waals surface area contributed by atoms with E-state index in [1.807, 2.05) is 25.1 Å². The van der Waals surface area contributed by atoms with Gasteiger partial charge >= 0.3 is 0 Å². The van der Waals surface area contributed by atoms with Crippen molar-refractivity contribution in [2.45, 2.75) is 26.7 Å². The van der Waals surface area contributed by atoms with Crippen molar-refractivity contribution in [3.63, 3.8) is 0 Å². The van der Waals surface area contributed by atoms with E-state index in [0.29, 0.717) is 5.82 Å². The van der Waals surface area contributed by atoms with Crippen molar-refractivity contribution in [1.29, 1.82) is 0 Å². The molecule has 0 aliphatic heterocycles. The Balaban J connectivity index is 2.68. The summed E-state index contributed by atoms with van der Waals surface area (Å²) in [6.45, 7) is 4.16. The Bertz CT molecular complexity index is 491. The molecule has 1 aromatic heterocycles. The molecule has 3 heteroatoms. The van der Waals surface area contributed by atoms with Crippen LogP contribution in [0.1, 0.15) is 24.7 Å². The minimum Gasteiger partial charge on any atom is -0.383 e. The maximum atomic E-state index is 5.91. The SMILES string of the molecule is CCCc1nc(N)c2cccc(C)c2n1. The molecule has 3 nitrogen and oxygen atoms in total. The smallest absolute Gasteiger partial charge is 0.135 e. The van der Waals surface area contributed by atoms with Gasteiger partial charge in [-0.15, -0.1) is 0 Å². The van der Waals surface area contributed by atoms with E-state index in [4.69, 9.17) is 5.73 Å². The van der Waals surface area contributed by atoms with E-state index in [9.17, 15) is 0 Å². The zero-order chi connectivity index (χ0) is 10.8. The second-order valence-corrected chi connectivity index (χ2v) is 3.75. The Kier molecular flexibility index (Phi) is 2.54. The van der Waals surface area contributed by atoms with Crippen LogP contribution in [-0.4, -0.2) is 9.97 Å². The number of nitrogens with zero attached hydrogens (tertiary/aromatic N) is 2. The first-order valence-electron chi connectivity index (χ1n) is 5.24. The number of aromatic nitrogens is 2. The number of nitrogen functional groups attached to an aromatic ring is 1. The summed E-state index contributed by atoms with van der Waals surface area (Å²) in [5, 5.41) is 0.954. The second-order valence-electron chi connectivity index (χ2n) is 3.75. The van der Waals surface area contributed by atoms with E-state index in [0.717, 1.165) is 35.1 Å². The van der Waals surface area contributed by atoms with Gasteiger partial charge in [0.05, 0.1) is 5.52 Å². The van der Waals surface area contributed by atoms with Crippen LogP contribution in [0, 0.1) is 6.92 Å². The van der Waals surface area contributed by atoms with Crippen LogP contribution in [0.2, 0.25) is 0 Å². The van der Waals surface area contributed by atoms with Crippen molar-refractivity contribution in [3.05, 3.63) is 29.6 Å². The molecule has 0 aliphatic carbocycles. The van der Waals surface area contributed by atoms with Crippen molar-refractivity contribution in [2.24, 2.45) is 0 Å². The molecule has 2 N–H and O–H groups in total. The molecule has 0 aliphatic rings. The molecule has 1 aromatic carbocycles. The Morgan fingerprint density at radius 3 is 2.80 bits per heavy atom. The number of fused-ring (bicyclic) bond motifs is 1. The Morgan fingerprint density at radius 2 is 2.07 bits per heavy atom. The number of hydrogen-bond donors (Lipinski definition) is 1. The minimum atomic E-state index is 0.590. The van der Waals surface area contributed by atoms with Crippen molar-refractivity contribution >= 4 is 16.7 Å². The molecule has 0 unspecified atom stereocenters. The third-order valence-corrected chi connectivity index (χ3v) is 2.48. The van der Waals surface area contributed by atoms with Gasteiger partial charge < -0.3 is 5.73 Å².